The number of hydrogen-bond donors (Lipinski definition) is 1. The van der Waals surface area contributed by atoms with Crippen molar-refractivity contribution in [2.75, 3.05) is 13.7 Å². The van der Waals surface area contributed by atoms with Crippen LogP contribution in [0.3, 0.4) is 0 Å². The first-order valence-electron chi connectivity index (χ1n) is 9.59. The topological polar surface area (TPSA) is 49.8 Å². The number of β-amino-alcohol motifs (C(OH)–C–C–N with tert-alkyl or cyclic N) is 1. The number of piperidine rings is 1. The van der Waals surface area contributed by atoms with Gasteiger partial charge in [0.25, 0.3) is 0 Å². The standard InChI is InChI=1S/C20H39NO3/c1-8-17(22)14-21-19(4,5)12-16(18(23)24-7)13-20(21,6)11-9-10-15(2)3/h15-17,22H,8-14H2,1-7H3. The van der Waals surface area contributed by atoms with Crippen LogP contribution in [0.4, 0.5) is 0 Å². The van der Waals surface area contributed by atoms with E-state index >= 15 is 0 Å². The maximum absolute atomic E-state index is 12.2. The van der Waals surface area contributed by atoms with Crippen molar-refractivity contribution in [2.24, 2.45) is 11.8 Å². The predicted molar refractivity (Wildman–Crippen MR) is 98.9 cm³/mol. The summed E-state index contributed by atoms with van der Waals surface area (Å²) in [6, 6.07) is 0. The van der Waals surface area contributed by atoms with Gasteiger partial charge in [0, 0.05) is 17.6 Å². The first-order chi connectivity index (χ1) is 11.1. The van der Waals surface area contributed by atoms with Gasteiger partial charge in [-0.3, -0.25) is 9.69 Å². The third kappa shape index (κ3) is 5.45. The number of carbonyl (C=O) groups is 1. The SMILES string of the molecule is CCC(O)CN1C(C)(C)CC(C(=O)OC)CC1(C)CCCC(C)C. The van der Waals surface area contributed by atoms with Gasteiger partial charge in [0.2, 0.25) is 0 Å². The first-order valence-corrected chi connectivity index (χ1v) is 9.59. The van der Waals surface area contributed by atoms with Crippen molar-refractivity contribution >= 4 is 5.97 Å². The number of likely N-dealkylation sites (tertiary alicyclic amines) is 1. The van der Waals surface area contributed by atoms with Gasteiger partial charge in [-0.1, -0.05) is 33.6 Å². The zero-order valence-electron chi connectivity index (χ0n) is 16.9. The van der Waals surface area contributed by atoms with Gasteiger partial charge in [-0.2, -0.15) is 0 Å². The molecule has 1 fully saturated rings. The fraction of sp³-hybridized carbons (Fsp3) is 0.950. The molecule has 0 aliphatic carbocycles. The number of aliphatic hydroxyl groups is 1. The summed E-state index contributed by atoms with van der Waals surface area (Å²) >= 11 is 0. The summed E-state index contributed by atoms with van der Waals surface area (Å²) in [5, 5.41) is 10.3. The van der Waals surface area contributed by atoms with Gasteiger partial charge in [-0.15, -0.1) is 0 Å². The molecule has 142 valence electrons. The molecule has 1 aliphatic rings. The number of esters is 1. The second kappa shape index (κ2) is 8.66. The van der Waals surface area contributed by atoms with E-state index in [2.05, 4.69) is 39.5 Å². The van der Waals surface area contributed by atoms with Gasteiger partial charge >= 0.3 is 5.97 Å². The predicted octanol–water partition coefficient (Wildman–Crippen LogP) is 4.01. The Kier molecular flexibility index (Phi) is 7.74. The lowest BCUT2D eigenvalue weighted by Crippen LogP contribution is -2.64. The highest BCUT2D eigenvalue weighted by atomic mass is 16.5. The van der Waals surface area contributed by atoms with E-state index in [1.807, 2.05) is 6.92 Å². The Bertz CT molecular complexity index is 408. The summed E-state index contributed by atoms with van der Waals surface area (Å²) in [6.45, 7) is 13.9. The highest BCUT2D eigenvalue weighted by Gasteiger charge is 2.49. The zero-order chi connectivity index (χ0) is 18.5. The monoisotopic (exact) mass is 341 g/mol. The maximum Gasteiger partial charge on any atom is 0.308 e. The van der Waals surface area contributed by atoms with Crippen LogP contribution < -0.4 is 0 Å². The number of nitrogens with zero attached hydrogens (tertiary/aromatic N) is 1. The van der Waals surface area contributed by atoms with Gasteiger partial charge in [-0.25, -0.2) is 0 Å². The van der Waals surface area contributed by atoms with E-state index in [0.717, 1.165) is 32.1 Å². The molecule has 0 aromatic heterocycles. The molecular weight excluding hydrogens is 302 g/mol. The van der Waals surface area contributed by atoms with Crippen molar-refractivity contribution in [3.8, 4) is 0 Å². The third-order valence-corrected chi connectivity index (χ3v) is 5.71. The van der Waals surface area contributed by atoms with Crippen LogP contribution in [-0.4, -0.2) is 46.8 Å². The third-order valence-electron chi connectivity index (χ3n) is 5.71. The highest BCUT2D eigenvalue weighted by Crippen LogP contribution is 2.44. The number of ether oxygens (including phenoxy) is 1. The molecule has 4 nitrogen and oxygen atoms in total. The summed E-state index contributed by atoms with van der Waals surface area (Å²) in [5.74, 6) is 0.550. The normalized spacial score (nSPS) is 28.8. The molecule has 0 amide bonds. The lowest BCUT2D eigenvalue weighted by Gasteiger charge is -2.57. The van der Waals surface area contributed by atoms with Crippen molar-refractivity contribution in [2.45, 2.75) is 97.2 Å². The quantitative estimate of drug-likeness (QED) is 0.678. The number of aliphatic hydroxyl groups excluding tert-OH is 1. The number of rotatable bonds is 8. The maximum atomic E-state index is 12.2. The van der Waals surface area contributed by atoms with Crippen molar-refractivity contribution in [3.05, 3.63) is 0 Å². The molecule has 0 aromatic carbocycles. The van der Waals surface area contributed by atoms with Crippen LogP contribution in [0.1, 0.15) is 80.1 Å². The lowest BCUT2D eigenvalue weighted by atomic mass is 9.70. The van der Waals surface area contributed by atoms with Crippen molar-refractivity contribution in [3.63, 3.8) is 0 Å². The molecule has 24 heavy (non-hydrogen) atoms. The molecule has 1 aliphatic heterocycles. The van der Waals surface area contributed by atoms with Crippen molar-refractivity contribution < 1.29 is 14.6 Å². The molecule has 1 N–H and O–H groups in total. The van der Waals surface area contributed by atoms with E-state index in [9.17, 15) is 9.90 Å². The molecule has 4 heteroatoms. The summed E-state index contributed by atoms with van der Waals surface area (Å²) in [6.07, 6.45) is 5.45. The smallest absolute Gasteiger partial charge is 0.308 e. The van der Waals surface area contributed by atoms with Crippen molar-refractivity contribution in [1.29, 1.82) is 0 Å². The number of carbonyl (C=O) groups excluding carboxylic acids is 1. The Morgan fingerprint density at radius 1 is 1.29 bits per heavy atom. The molecular formula is C20H39NO3. The van der Waals surface area contributed by atoms with E-state index in [1.54, 1.807) is 0 Å². The zero-order valence-corrected chi connectivity index (χ0v) is 16.9. The average molecular weight is 342 g/mol. The average Bonchev–Trinajstić information content (AvgIpc) is 2.48. The van der Waals surface area contributed by atoms with Gasteiger partial charge in [0.05, 0.1) is 19.1 Å². The van der Waals surface area contributed by atoms with Crippen LogP contribution in [0.2, 0.25) is 0 Å². The Morgan fingerprint density at radius 2 is 1.92 bits per heavy atom. The second-order valence-electron chi connectivity index (χ2n) is 8.90. The van der Waals surface area contributed by atoms with Gasteiger partial charge in [0.15, 0.2) is 0 Å². The van der Waals surface area contributed by atoms with Crippen LogP contribution in [0, 0.1) is 11.8 Å². The van der Waals surface area contributed by atoms with Crippen molar-refractivity contribution in [1.82, 2.24) is 4.90 Å². The summed E-state index contributed by atoms with van der Waals surface area (Å²) in [4.78, 5) is 14.7. The number of hydrogen-bond acceptors (Lipinski definition) is 4. The summed E-state index contributed by atoms with van der Waals surface area (Å²) < 4.78 is 5.05. The second-order valence-corrected chi connectivity index (χ2v) is 8.90. The molecule has 1 rings (SSSR count). The highest BCUT2D eigenvalue weighted by molar-refractivity contribution is 5.72. The lowest BCUT2D eigenvalue weighted by molar-refractivity contribution is -0.156. The Morgan fingerprint density at radius 3 is 2.42 bits per heavy atom. The van der Waals surface area contributed by atoms with E-state index < -0.39 is 0 Å². The molecule has 0 radical (unpaired) electrons. The molecule has 1 heterocycles. The Labute approximate surface area is 148 Å². The Hall–Kier alpha value is -0.610. The fourth-order valence-electron chi connectivity index (χ4n) is 4.43. The molecule has 0 aromatic rings. The van der Waals surface area contributed by atoms with Gasteiger partial charge in [0.1, 0.15) is 0 Å². The molecule has 0 saturated carbocycles. The van der Waals surface area contributed by atoms with Crippen LogP contribution in [0.25, 0.3) is 0 Å². The minimum Gasteiger partial charge on any atom is -0.469 e. The van der Waals surface area contributed by atoms with Gasteiger partial charge < -0.3 is 9.84 Å². The van der Waals surface area contributed by atoms with E-state index in [4.69, 9.17) is 4.74 Å². The van der Waals surface area contributed by atoms with Crippen LogP contribution in [0.15, 0.2) is 0 Å². The molecule has 3 unspecified atom stereocenters. The molecule has 0 spiro atoms. The number of methoxy groups -OCH3 is 1. The van der Waals surface area contributed by atoms with E-state index in [0.29, 0.717) is 12.5 Å². The van der Waals surface area contributed by atoms with Gasteiger partial charge in [-0.05, 0) is 52.4 Å². The fourth-order valence-corrected chi connectivity index (χ4v) is 4.43. The minimum atomic E-state index is -0.316. The Balaban J connectivity index is 3.03. The van der Waals surface area contributed by atoms with Crippen LogP contribution in [-0.2, 0) is 9.53 Å². The van der Waals surface area contributed by atoms with Crippen LogP contribution in [0.5, 0.6) is 0 Å². The minimum absolute atomic E-state index is 0.0518. The van der Waals surface area contributed by atoms with Crippen LogP contribution >= 0.6 is 0 Å². The van der Waals surface area contributed by atoms with E-state index in [-0.39, 0.29) is 29.1 Å². The summed E-state index contributed by atoms with van der Waals surface area (Å²) in [5.41, 5.74) is -0.203. The summed E-state index contributed by atoms with van der Waals surface area (Å²) in [7, 11) is 1.48. The molecule has 3 atom stereocenters. The largest absolute Gasteiger partial charge is 0.469 e. The van der Waals surface area contributed by atoms with E-state index in [1.165, 1.54) is 13.5 Å². The molecule has 1 saturated heterocycles. The first kappa shape index (κ1) is 21.4. The molecule has 0 bridgehead atoms.